The van der Waals surface area contributed by atoms with Gasteiger partial charge < -0.3 is 11.1 Å². The lowest BCUT2D eigenvalue weighted by Crippen LogP contribution is -2.48. The Kier molecular flexibility index (Phi) is 11.7. The van der Waals surface area contributed by atoms with Gasteiger partial charge >= 0.3 is 0 Å². The third-order valence-electron chi connectivity index (χ3n) is 4.09. The van der Waals surface area contributed by atoms with E-state index in [0.717, 1.165) is 32.4 Å². The first kappa shape index (κ1) is 21.9. The largest absolute Gasteiger partial charge is 0.353 e. The number of nitrogens with two attached hydrogens (primary N) is 1. The van der Waals surface area contributed by atoms with Gasteiger partial charge in [0.05, 0.1) is 6.04 Å². The quantitative estimate of drug-likeness (QED) is 0.687. The fourth-order valence-electron chi connectivity index (χ4n) is 2.75. The Morgan fingerprint density at radius 3 is 2.30 bits per heavy atom. The molecule has 0 saturated heterocycles. The Hall–Kier alpha value is -1.10. The van der Waals surface area contributed by atoms with E-state index in [-0.39, 0.29) is 24.4 Å². The van der Waals surface area contributed by atoms with E-state index >= 15 is 0 Å². The smallest absolute Gasteiger partial charge is 0.236 e. The third kappa shape index (κ3) is 7.82. The second-order valence-corrected chi connectivity index (χ2v) is 5.71. The summed E-state index contributed by atoms with van der Waals surface area (Å²) in [6.07, 6.45) is 2.60. The summed E-state index contributed by atoms with van der Waals surface area (Å²) in [5.41, 5.74) is 7.18. The molecule has 132 valence electrons. The van der Waals surface area contributed by atoms with Gasteiger partial charge in [-0.1, -0.05) is 57.5 Å². The molecule has 0 aliphatic rings. The number of carbonyl (C=O) groups excluding carboxylic acids is 1. The molecule has 0 bridgehead atoms. The first-order chi connectivity index (χ1) is 10.6. The third-order valence-corrected chi connectivity index (χ3v) is 4.09. The van der Waals surface area contributed by atoms with Crippen LogP contribution in [0.5, 0.6) is 0 Å². The normalized spacial score (nSPS) is 13.3. The number of nitrogens with one attached hydrogen (secondary N) is 1. The molecule has 0 radical (unpaired) electrons. The van der Waals surface area contributed by atoms with Crippen molar-refractivity contribution in [2.75, 3.05) is 19.6 Å². The SMILES string of the molecule is CCCC(N)C(=O)NCC(Cc1ccccc1)N(CC)CC.Cl. The minimum absolute atomic E-state index is 0. The zero-order valence-electron chi connectivity index (χ0n) is 14.6. The Morgan fingerprint density at radius 1 is 1.17 bits per heavy atom. The zero-order chi connectivity index (χ0) is 16.4. The van der Waals surface area contributed by atoms with E-state index in [1.807, 2.05) is 13.0 Å². The number of nitrogens with zero attached hydrogens (tertiary/aromatic N) is 1. The monoisotopic (exact) mass is 341 g/mol. The minimum Gasteiger partial charge on any atom is -0.353 e. The van der Waals surface area contributed by atoms with E-state index in [9.17, 15) is 4.79 Å². The molecule has 2 atom stereocenters. The predicted octanol–water partition coefficient (Wildman–Crippen LogP) is 2.60. The van der Waals surface area contributed by atoms with Crippen molar-refractivity contribution in [2.24, 2.45) is 5.73 Å². The molecule has 1 rings (SSSR count). The van der Waals surface area contributed by atoms with E-state index in [0.29, 0.717) is 12.6 Å². The van der Waals surface area contributed by atoms with E-state index in [1.54, 1.807) is 0 Å². The van der Waals surface area contributed by atoms with Crippen molar-refractivity contribution >= 4 is 18.3 Å². The van der Waals surface area contributed by atoms with Crippen LogP contribution >= 0.6 is 12.4 Å². The lowest BCUT2D eigenvalue weighted by atomic mass is 10.0. The summed E-state index contributed by atoms with van der Waals surface area (Å²) in [7, 11) is 0. The molecule has 2 unspecified atom stereocenters. The topological polar surface area (TPSA) is 58.4 Å². The Morgan fingerprint density at radius 2 is 1.78 bits per heavy atom. The number of hydrogen-bond donors (Lipinski definition) is 2. The van der Waals surface area contributed by atoms with Gasteiger partial charge in [-0.15, -0.1) is 12.4 Å². The molecular weight excluding hydrogens is 310 g/mol. The van der Waals surface area contributed by atoms with Crippen molar-refractivity contribution in [2.45, 2.75) is 52.1 Å². The van der Waals surface area contributed by atoms with Gasteiger partial charge in [-0.2, -0.15) is 0 Å². The highest BCUT2D eigenvalue weighted by Crippen LogP contribution is 2.09. The summed E-state index contributed by atoms with van der Waals surface area (Å²) in [6.45, 7) is 8.96. The van der Waals surface area contributed by atoms with Crippen molar-refractivity contribution in [3.63, 3.8) is 0 Å². The van der Waals surface area contributed by atoms with E-state index in [4.69, 9.17) is 5.73 Å². The summed E-state index contributed by atoms with van der Waals surface area (Å²) in [4.78, 5) is 14.4. The average Bonchev–Trinajstić information content (AvgIpc) is 2.54. The van der Waals surface area contributed by atoms with Crippen molar-refractivity contribution < 1.29 is 4.79 Å². The number of hydrogen-bond acceptors (Lipinski definition) is 3. The van der Waals surface area contributed by atoms with Crippen molar-refractivity contribution in [1.82, 2.24) is 10.2 Å². The van der Waals surface area contributed by atoms with Crippen LogP contribution in [0.2, 0.25) is 0 Å². The molecule has 4 nitrogen and oxygen atoms in total. The Labute approximate surface area is 147 Å². The van der Waals surface area contributed by atoms with Gasteiger partial charge in [0.2, 0.25) is 5.91 Å². The maximum absolute atomic E-state index is 12.0. The van der Waals surface area contributed by atoms with Crippen molar-refractivity contribution in [1.29, 1.82) is 0 Å². The van der Waals surface area contributed by atoms with Crippen LogP contribution in [0.1, 0.15) is 39.2 Å². The lowest BCUT2D eigenvalue weighted by Gasteiger charge is -2.30. The molecule has 0 spiro atoms. The molecule has 5 heteroatoms. The van der Waals surface area contributed by atoms with Crippen LogP contribution in [0.4, 0.5) is 0 Å². The number of benzene rings is 1. The molecule has 1 aromatic rings. The van der Waals surface area contributed by atoms with Gasteiger partial charge in [-0.3, -0.25) is 9.69 Å². The highest BCUT2D eigenvalue weighted by molar-refractivity contribution is 5.85. The molecule has 0 aromatic heterocycles. The van der Waals surface area contributed by atoms with Crippen molar-refractivity contribution in [3.05, 3.63) is 35.9 Å². The predicted molar refractivity (Wildman–Crippen MR) is 100.0 cm³/mol. The number of carbonyl (C=O) groups is 1. The maximum Gasteiger partial charge on any atom is 0.236 e. The van der Waals surface area contributed by atoms with Gasteiger partial charge in [0.25, 0.3) is 0 Å². The van der Waals surface area contributed by atoms with Crippen LogP contribution < -0.4 is 11.1 Å². The van der Waals surface area contributed by atoms with Gasteiger partial charge in [-0.25, -0.2) is 0 Å². The van der Waals surface area contributed by atoms with Crippen LogP contribution in [-0.2, 0) is 11.2 Å². The fraction of sp³-hybridized carbons (Fsp3) is 0.611. The number of likely N-dealkylation sites (N-methyl/N-ethyl adjacent to an activating group) is 1. The van der Waals surface area contributed by atoms with Gasteiger partial charge in [0, 0.05) is 12.6 Å². The summed E-state index contributed by atoms with van der Waals surface area (Å²) >= 11 is 0. The first-order valence-electron chi connectivity index (χ1n) is 8.43. The van der Waals surface area contributed by atoms with Crippen LogP contribution in [0.3, 0.4) is 0 Å². The molecule has 23 heavy (non-hydrogen) atoms. The minimum atomic E-state index is -0.390. The molecule has 0 heterocycles. The summed E-state index contributed by atoms with van der Waals surface area (Å²) in [5.74, 6) is -0.0351. The Balaban J connectivity index is 0.00000484. The summed E-state index contributed by atoms with van der Waals surface area (Å²) in [6, 6.07) is 10.3. The summed E-state index contributed by atoms with van der Waals surface area (Å²) < 4.78 is 0. The van der Waals surface area contributed by atoms with Crippen molar-refractivity contribution in [3.8, 4) is 0 Å². The number of halogens is 1. The van der Waals surface area contributed by atoms with E-state index in [2.05, 4.69) is 48.3 Å². The Bertz CT molecular complexity index is 424. The standard InChI is InChI=1S/C18H31N3O.ClH/c1-4-10-17(19)18(22)20-14-16(21(5-2)6-3)13-15-11-8-7-9-12-15;/h7-9,11-12,16-17H,4-6,10,13-14,19H2,1-3H3,(H,20,22);1H. The van der Waals surface area contributed by atoms with E-state index in [1.165, 1.54) is 5.56 Å². The van der Waals surface area contributed by atoms with Gasteiger partial charge in [-0.05, 0) is 31.5 Å². The maximum atomic E-state index is 12.0. The average molecular weight is 342 g/mol. The molecule has 3 N–H and O–H groups in total. The molecular formula is C18H32ClN3O. The van der Waals surface area contributed by atoms with Crippen LogP contribution in [0.25, 0.3) is 0 Å². The molecule has 0 aliphatic heterocycles. The highest BCUT2D eigenvalue weighted by Gasteiger charge is 2.19. The lowest BCUT2D eigenvalue weighted by molar-refractivity contribution is -0.122. The molecule has 0 aliphatic carbocycles. The zero-order valence-corrected chi connectivity index (χ0v) is 15.4. The molecule has 0 saturated carbocycles. The number of amides is 1. The second kappa shape index (κ2) is 12.3. The van der Waals surface area contributed by atoms with Crippen LogP contribution in [-0.4, -0.2) is 42.5 Å². The van der Waals surface area contributed by atoms with Crippen LogP contribution in [0, 0.1) is 0 Å². The second-order valence-electron chi connectivity index (χ2n) is 5.71. The van der Waals surface area contributed by atoms with Gasteiger partial charge in [0.15, 0.2) is 0 Å². The van der Waals surface area contributed by atoms with E-state index < -0.39 is 0 Å². The first-order valence-corrected chi connectivity index (χ1v) is 8.43. The highest BCUT2D eigenvalue weighted by atomic mass is 35.5. The molecule has 0 fully saturated rings. The van der Waals surface area contributed by atoms with Gasteiger partial charge in [0.1, 0.15) is 0 Å². The number of rotatable bonds is 10. The molecule has 1 aromatic carbocycles. The molecule has 1 amide bonds. The van der Waals surface area contributed by atoms with Crippen LogP contribution in [0.15, 0.2) is 30.3 Å². The summed E-state index contributed by atoms with van der Waals surface area (Å²) in [5, 5.41) is 3.03. The fourth-order valence-corrected chi connectivity index (χ4v) is 2.75.